The number of anilines is 1. The molecule has 0 radical (unpaired) electrons. The Kier molecular flexibility index (Phi) is 7.30. The third kappa shape index (κ3) is 5.76. The zero-order valence-corrected chi connectivity index (χ0v) is 16.8. The van der Waals surface area contributed by atoms with Gasteiger partial charge in [0.25, 0.3) is 5.91 Å². The molecule has 146 valence electrons. The van der Waals surface area contributed by atoms with Gasteiger partial charge >= 0.3 is 0 Å². The molecule has 0 bridgehead atoms. The molecular formula is C20H25ClN2O4. The van der Waals surface area contributed by atoms with Crippen LogP contribution >= 0.6 is 11.6 Å². The number of benzene rings is 1. The largest absolute Gasteiger partial charge is 0.495 e. The first-order valence-electron chi connectivity index (χ1n) is 8.78. The number of rotatable bonds is 8. The standard InChI is InChI=1S/C20H25ClN2O4/c1-13(2)7-9-23-10-8-17(24)20(14(23)3)27-12-19(25)22-16-11-15(21)5-6-18(16)26-4/h5-6,8,10-11,13H,7,9,12H2,1-4H3,(H,22,25). The van der Waals surface area contributed by atoms with E-state index in [1.165, 1.54) is 13.2 Å². The highest BCUT2D eigenvalue weighted by molar-refractivity contribution is 6.31. The summed E-state index contributed by atoms with van der Waals surface area (Å²) in [6.07, 6.45) is 2.74. The van der Waals surface area contributed by atoms with Gasteiger partial charge in [0.15, 0.2) is 12.4 Å². The van der Waals surface area contributed by atoms with Gasteiger partial charge in [-0.1, -0.05) is 25.4 Å². The number of methoxy groups -OCH3 is 1. The van der Waals surface area contributed by atoms with Gasteiger partial charge in [0, 0.05) is 23.8 Å². The number of carbonyl (C=O) groups excluding carboxylic acids is 1. The third-order valence-corrected chi connectivity index (χ3v) is 4.35. The van der Waals surface area contributed by atoms with Crippen molar-refractivity contribution in [1.29, 1.82) is 0 Å². The molecule has 0 saturated heterocycles. The van der Waals surface area contributed by atoms with E-state index in [1.807, 2.05) is 11.5 Å². The van der Waals surface area contributed by atoms with E-state index in [9.17, 15) is 9.59 Å². The summed E-state index contributed by atoms with van der Waals surface area (Å²) in [5.74, 6) is 0.813. The first kappa shape index (κ1) is 20.8. The number of aryl methyl sites for hydroxylation is 1. The number of amides is 1. The summed E-state index contributed by atoms with van der Waals surface area (Å²) in [7, 11) is 1.50. The van der Waals surface area contributed by atoms with Crippen LogP contribution in [0.4, 0.5) is 5.69 Å². The van der Waals surface area contributed by atoms with E-state index < -0.39 is 5.91 Å². The molecular weight excluding hydrogens is 368 g/mol. The molecule has 1 N–H and O–H groups in total. The highest BCUT2D eigenvalue weighted by atomic mass is 35.5. The summed E-state index contributed by atoms with van der Waals surface area (Å²) in [5, 5.41) is 3.16. The van der Waals surface area contributed by atoms with Gasteiger partial charge in [0.05, 0.1) is 18.5 Å². The van der Waals surface area contributed by atoms with Crippen LogP contribution < -0.4 is 20.2 Å². The molecule has 27 heavy (non-hydrogen) atoms. The summed E-state index contributed by atoms with van der Waals surface area (Å²) < 4.78 is 12.7. The first-order valence-corrected chi connectivity index (χ1v) is 9.15. The summed E-state index contributed by atoms with van der Waals surface area (Å²) in [6.45, 7) is 6.59. The second kappa shape index (κ2) is 9.46. The molecule has 0 aliphatic heterocycles. The van der Waals surface area contributed by atoms with Gasteiger partial charge in [-0.05, 0) is 37.5 Å². The topological polar surface area (TPSA) is 69.6 Å². The van der Waals surface area contributed by atoms with Crippen LogP contribution in [0.15, 0.2) is 35.3 Å². The minimum absolute atomic E-state index is 0.189. The second-order valence-electron chi connectivity index (χ2n) is 6.65. The van der Waals surface area contributed by atoms with Crippen LogP contribution in [0.2, 0.25) is 5.02 Å². The van der Waals surface area contributed by atoms with E-state index in [-0.39, 0.29) is 17.8 Å². The Morgan fingerprint density at radius 2 is 2.04 bits per heavy atom. The summed E-state index contributed by atoms with van der Waals surface area (Å²) in [5.41, 5.74) is 0.899. The number of aromatic nitrogens is 1. The maximum absolute atomic E-state index is 12.2. The van der Waals surface area contributed by atoms with Crippen LogP contribution in [-0.2, 0) is 11.3 Å². The van der Waals surface area contributed by atoms with Crippen molar-refractivity contribution in [3.8, 4) is 11.5 Å². The Bertz CT molecular complexity index is 862. The van der Waals surface area contributed by atoms with Gasteiger partial charge in [0.2, 0.25) is 5.43 Å². The number of nitrogens with zero attached hydrogens (tertiary/aromatic N) is 1. The quantitative estimate of drug-likeness (QED) is 0.740. The van der Waals surface area contributed by atoms with Crippen LogP contribution in [0.25, 0.3) is 0 Å². The maximum atomic E-state index is 12.2. The molecule has 1 amide bonds. The average molecular weight is 393 g/mol. The molecule has 2 aromatic rings. The Labute approximate surface area is 164 Å². The smallest absolute Gasteiger partial charge is 0.262 e. The molecule has 6 nitrogen and oxygen atoms in total. The van der Waals surface area contributed by atoms with Gasteiger partial charge in [0.1, 0.15) is 5.75 Å². The van der Waals surface area contributed by atoms with Gasteiger partial charge in [-0.25, -0.2) is 0 Å². The van der Waals surface area contributed by atoms with E-state index >= 15 is 0 Å². The lowest BCUT2D eigenvalue weighted by Gasteiger charge is -2.16. The van der Waals surface area contributed by atoms with Crippen LogP contribution in [0.1, 0.15) is 26.0 Å². The van der Waals surface area contributed by atoms with E-state index in [1.54, 1.807) is 24.4 Å². The first-order chi connectivity index (χ1) is 12.8. The van der Waals surface area contributed by atoms with Crippen molar-refractivity contribution in [3.05, 3.63) is 51.4 Å². The molecule has 0 fully saturated rings. The fraction of sp³-hybridized carbons (Fsp3) is 0.400. The fourth-order valence-electron chi connectivity index (χ4n) is 2.57. The predicted octanol–water partition coefficient (Wildman–Crippen LogP) is 3.88. The second-order valence-corrected chi connectivity index (χ2v) is 7.09. The molecule has 1 aromatic carbocycles. The van der Waals surface area contributed by atoms with E-state index in [0.717, 1.165) is 13.0 Å². The molecule has 7 heteroatoms. The Balaban J connectivity index is 2.08. The van der Waals surface area contributed by atoms with E-state index in [4.69, 9.17) is 21.1 Å². The molecule has 0 aliphatic rings. The van der Waals surface area contributed by atoms with Crippen molar-refractivity contribution in [3.63, 3.8) is 0 Å². The minimum Gasteiger partial charge on any atom is -0.495 e. The monoisotopic (exact) mass is 392 g/mol. The van der Waals surface area contributed by atoms with Crippen molar-refractivity contribution >= 4 is 23.2 Å². The van der Waals surface area contributed by atoms with Crippen molar-refractivity contribution in [2.24, 2.45) is 5.92 Å². The average Bonchev–Trinajstić information content (AvgIpc) is 2.61. The van der Waals surface area contributed by atoms with Crippen molar-refractivity contribution in [1.82, 2.24) is 4.57 Å². The summed E-state index contributed by atoms with van der Waals surface area (Å²) >= 11 is 5.96. The van der Waals surface area contributed by atoms with Gasteiger partial charge in [-0.3, -0.25) is 9.59 Å². The van der Waals surface area contributed by atoms with Gasteiger partial charge in [-0.2, -0.15) is 0 Å². The highest BCUT2D eigenvalue weighted by Gasteiger charge is 2.13. The normalized spacial score (nSPS) is 10.7. The van der Waals surface area contributed by atoms with Crippen LogP contribution in [0.3, 0.4) is 0 Å². The number of halogens is 1. The maximum Gasteiger partial charge on any atom is 0.262 e. The van der Waals surface area contributed by atoms with Crippen molar-refractivity contribution in [2.75, 3.05) is 19.0 Å². The van der Waals surface area contributed by atoms with Crippen LogP contribution in [-0.4, -0.2) is 24.2 Å². The number of pyridine rings is 1. The molecule has 0 aliphatic carbocycles. The Hall–Kier alpha value is -2.47. The zero-order chi connectivity index (χ0) is 20.0. The molecule has 0 saturated carbocycles. The molecule has 1 heterocycles. The fourth-order valence-corrected chi connectivity index (χ4v) is 2.74. The third-order valence-electron chi connectivity index (χ3n) is 4.12. The van der Waals surface area contributed by atoms with Crippen molar-refractivity contribution in [2.45, 2.75) is 33.7 Å². The number of nitrogens with one attached hydrogen (secondary N) is 1. The van der Waals surface area contributed by atoms with E-state index in [2.05, 4.69) is 19.2 Å². The lowest BCUT2D eigenvalue weighted by atomic mass is 10.1. The minimum atomic E-state index is -0.410. The number of hydrogen-bond acceptors (Lipinski definition) is 4. The molecule has 2 rings (SSSR count). The molecule has 0 spiro atoms. The SMILES string of the molecule is COc1ccc(Cl)cc1NC(=O)COc1c(C)n(CCC(C)C)ccc1=O. The van der Waals surface area contributed by atoms with Gasteiger partial charge in [-0.15, -0.1) is 0 Å². The number of ether oxygens (including phenoxy) is 2. The lowest BCUT2D eigenvalue weighted by Crippen LogP contribution is -2.24. The number of carbonyl (C=O) groups is 1. The molecule has 0 atom stereocenters. The predicted molar refractivity (Wildman–Crippen MR) is 107 cm³/mol. The lowest BCUT2D eigenvalue weighted by molar-refractivity contribution is -0.118. The van der Waals surface area contributed by atoms with Crippen LogP contribution in [0.5, 0.6) is 11.5 Å². The highest BCUT2D eigenvalue weighted by Crippen LogP contribution is 2.27. The zero-order valence-electron chi connectivity index (χ0n) is 16.0. The summed E-state index contributed by atoms with van der Waals surface area (Å²) in [6, 6.07) is 6.37. The number of hydrogen-bond donors (Lipinski definition) is 1. The molecule has 0 unspecified atom stereocenters. The van der Waals surface area contributed by atoms with Gasteiger partial charge < -0.3 is 19.4 Å². The van der Waals surface area contributed by atoms with E-state index in [0.29, 0.717) is 28.1 Å². The van der Waals surface area contributed by atoms with Crippen molar-refractivity contribution < 1.29 is 14.3 Å². The summed E-state index contributed by atoms with van der Waals surface area (Å²) in [4.78, 5) is 24.4. The molecule has 1 aromatic heterocycles. The Morgan fingerprint density at radius 1 is 1.30 bits per heavy atom. The Morgan fingerprint density at radius 3 is 2.70 bits per heavy atom. The van der Waals surface area contributed by atoms with Crippen LogP contribution in [0, 0.1) is 12.8 Å².